The lowest BCUT2D eigenvalue weighted by Crippen LogP contribution is -2.44. The van der Waals surface area contributed by atoms with Crippen molar-refractivity contribution in [3.05, 3.63) is 48.2 Å². The predicted molar refractivity (Wildman–Crippen MR) is 96.5 cm³/mol. The molecule has 2 atom stereocenters. The van der Waals surface area contributed by atoms with Gasteiger partial charge in [0.05, 0.1) is 19.4 Å². The minimum atomic E-state index is -0.244. The van der Waals surface area contributed by atoms with Crippen molar-refractivity contribution in [2.24, 2.45) is 5.41 Å². The van der Waals surface area contributed by atoms with Crippen molar-refractivity contribution in [2.75, 3.05) is 13.7 Å². The molecule has 0 spiro atoms. The number of ether oxygens (including phenoxy) is 1. The molecule has 0 saturated heterocycles. The van der Waals surface area contributed by atoms with Gasteiger partial charge >= 0.3 is 0 Å². The molecule has 0 aliphatic heterocycles. The SMILES string of the molecule is COc1ccc(C(=O)N[C@H]2CCC[C@@]2(C)CO)cc1-c1ccccn1. The fourth-order valence-corrected chi connectivity index (χ4v) is 3.48. The van der Waals surface area contributed by atoms with E-state index in [1.54, 1.807) is 25.4 Å². The highest BCUT2D eigenvalue weighted by molar-refractivity contribution is 5.96. The molecule has 132 valence electrons. The van der Waals surface area contributed by atoms with Crippen molar-refractivity contribution in [2.45, 2.75) is 32.2 Å². The number of amides is 1. The van der Waals surface area contributed by atoms with Crippen LogP contribution >= 0.6 is 0 Å². The van der Waals surface area contributed by atoms with Crippen LogP contribution in [0.1, 0.15) is 36.5 Å². The molecule has 2 N–H and O–H groups in total. The highest BCUT2D eigenvalue weighted by atomic mass is 16.5. The van der Waals surface area contributed by atoms with Crippen LogP contribution < -0.4 is 10.1 Å². The number of hydrogen-bond acceptors (Lipinski definition) is 4. The second kappa shape index (κ2) is 7.23. The molecule has 5 nitrogen and oxygen atoms in total. The van der Waals surface area contributed by atoms with Gasteiger partial charge in [-0.15, -0.1) is 0 Å². The topological polar surface area (TPSA) is 71.5 Å². The maximum absolute atomic E-state index is 12.7. The number of carbonyl (C=O) groups excluding carboxylic acids is 1. The smallest absolute Gasteiger partial charge is 0.251 e. The van der Waals surface area contributed by atoms with Gasteiger partial charge in [0.15, 0.2) is 0 Å². The lowest BCUT2D eigenvalue weighted by molar-refractivity contribution is 0.0830. The first-order valence-corrected chi connectivity index (χ1v) is 8.58. The van der Waals surface area contributed by atoms with E-state index in [0.29, 0.717) is 11.3 Å². The summed E-state index contributed by atoms with van der Waals surface area (Å²) in [5.74, 6) is 0.544. The number of aliphatic hydroxyl groups is 1. The van der Waals surface area contributed by atoms with Crippen molar-refractivity contribution >= 4 is 5.91 Å². The number of benzene rings is 1. The van der Waals surface area contributed by atoms with E-state index < -0.39 is 0 Å². The molecule has 1 aromatic carbocycles. The van der Waals surface area contributed by atoms with Crippen molar-refractivity contribution in [3.63, 3.8) is 0 Å². The number of aromatic nitrogens is 1. The Morgan fingerprint density at radius 1 is 1.40 bits per heavy atom. The number of hydrogen-bond donors (Lipinski definition) is 2. The highest BCUT2D eigenvalue weighted by Gasteiger charge is 2.39. The summed E-state index contributed by atoms with van der Waals surface area (Å²) in [5, 5.41) is 12.8. The first kappa shape index (κ1) is 17.4. The van der Waals surface area contributed by atoms with Gasteiger partial charge in [0, 0.05) is 28.8 Å². The predicted octanol–water partition coefficient (Wildman–Crippen LogP) is 3.04. The molecule has 1 aliphatic carbocycles. The van der Waals surface area contributed by atoms with Crippen molar-refractivity contribution in [1.82, 2.24) is 10.3 Å². The zero-order valence-corrected chi connectivity index (χ0v) is 14.7. The molecule has 1 fully saturated rings. The average molecular weight is 340 g/mol. The van der Waals surface area contributed by atoms with Gasteiger partial charge in [-0.3, -0.25) is 9.78 Å². The molecule has 3 rings (SSSR count). The molecule has 2 aromatic rings. The van der Waals surface area contributed by atoms with E-state index >= 15 is 0 Å². The maximum atomic E-state index is 12.7. The van der Waals surface area contributed by atoms with Gasteiger partial charge in [-0.05, 0) is 43.2 Å². The summed E-state index contributed by atoms with van der Waals surface area (Å²) in [6, 6.07) is 11.0. The third-order valence-electron chi connectivity index (χ3n) is 5.15. The normalized spacial score (nSPS) is 22.6. The molecular weight excluding hydrogens is 316 g/mol. The van der Waals surface area contributed by atoms with E-state index in [1.165, 1.54) is 0 Å². The van der Waals surface area contributed by atoms with Crippen molar-refractivity contribution < 1.29 is 14.6 Å². The third-order valence-corrected chi connectivity index (χ3v) is 5.15. The van der Waals surface area contributed by atoms with Crippen LogP contribution in [0.15, 0.2) is 42.6 Å². The number of nitrogens with zero attached hydrogens (tertiary/aromatic N) is 1. The average Bonchev–Trinajstić information content (AvgIpc) is 3.03. The van der Waals surface area contributed by atoms with Gasteiger partial charge in [0.2, 0.25) is 0 Å². The summed E-state index contributed by atoms with van der Waals surface area (Å²) >= 11 is 0. The van der Waals surface area contributed by atoms with Crippen LogP contribution in [0.25, 0.3) is 11.3 Å². The first-order valence-electron chi connectivity index (χ1n) is 8.58. The van der Waals surface area contributed by atoms with Crippen molar-refractivity contribution in [3.8, 4) is 17.0 Å². The third kappa shape index (κ3) is 3.51. The van der Waals surface area contributed by atoms with E-state index in [1.807, 2.05) is 31.2 Å². The number of pyridine rings is 1. The van der Waals surface area contributed by atoms with E-state index in [-0.39, 0.29) is 24.0 Å². The molecule has 1 amide bonds. The Morgan fingerprint density at radius 2 is 2.24 bits per heavy atom. The van der Waals surface area contributed by atoms with Crippen LogP contribution in [0.3, 0.4) is 0 Å². The lowest BCUT2D eigenvalue weighted by Gasteiger charge is -2.30. The molecule has 0 unspecified atom stereocenters. The summed E-state index contributed by atoms with van der Waals surface area (Å²) in [4.78, 5) is 17.1. The fourth-order valence-electron chi connectivity index (χ4n) is 3.48. The summed E-state index contributed by atoms with van der Waals surface area (Å²) < 4.78 is 5.41. The minimum Gasteiger partial charge on any atom is -0.496 e. The molecule has 0 bridgehead atoms. The van der Waals surface area contributed by atoms with E-state index in [2.05, 4.69) is 10.3 Å². The van der Waals surface area contributed by atoms with E-state index in [4.69, 9.17) is 4.74 Å². The molecule has 1 aromatic heterocycles. The van der Waals surface area contributed by atoms with E-state index in [9.17, 15) is 9.90 Å². The van der Waals surface area contributed by atoms with Gasteiger partial charge < -0.3 is 15.2 Å². The highest BCUT2D eigenvalue weighted by Crippen LogP contribution is 2.37. The van der Waals surface area contributed by atoms with Crippen molar-refractivity contribution in [1.29, 1.82) is 0 Å². The fraction of sp³-hybridized carbons (Fsp3) is 0.400. The van der Waals surface area contributed by atoms with Gasteiger partial charge in [-0.2, -0.15) is 0 Å². The lowest BCUT2D eigenvalue weighted by atomic mass is 9.85. The molecule has 1 saturated carbocycles. The van der Waals surface area contributed by atoms with Crippen LogP contribution in [0, 0.1) is 5.41 Å². The molecule has 5 heteroatoms. The number of rotatable bonds is 5. The van der Waals surface area contributed by atoms with Crippen LogP contribution in [0.5, 0.6) is 5.75 Å². The van der Waals surface area contributed by atoms with Crippen LogP contribution in [0.4, 0.5) is 0 Å². The first-order chi connectivity index (χ1) is 12.1. The molecule has 1 aliphatic rings. The molecule has 1 heterocycles. The zero-order chi connectivity index (χ0) is 17.9. The number of nitrogens with one attached hydrogen (secondary N) is 1. The Balaban J connectivity index is 1.86. The Hall–Kier alpha value is -2.40. The minimum absolute atomic E-state index is 0.00889. The quantitative estimate of drug-likeness (QED) is 0.878. The Labute approximate surface area is 148 Å². The van der Waals surface area contributed by atoms with Gasteiger partial charge in [-0.1, -0.05) is 19.4 Å². The summed E-state index contributed by atoms with van der Waals surface area (Å²) in [5.41, 5.74) is 1.86. The summed E-state index contributed by atoms with van der Waals surface area (Å²) in [6.07, 6.45) is 4.55. The number of carbonyl (C=O) groups is 1. The molecule has 25 heavy (non-hydrogen) atoms. The Bertz CT molecular complexity index is 748. The van der Waals surface area contributed by atoms with Gasteiger partial charge in [-0.25, -0.2) is 0 Å². The molecular formula is C20H24N2O3. The molecule has 0 radical (unpaired) electrons. The second-order valence-electron chi connectivity index (χ2n) is 6.86. The number of aliphatic hydroxyl groups excluding tert-OH is 1. The monoisotopic (exact) mass is 340 g/mol. The second-order valence-corrected chi connectivity index (χ2v) is 6.86. The number of methoxy groups -OCH3 is 1. The van der Waals surface area contributed by atoms with Gasteiger partial charge in [0.25, 0.3) is 5.91 Å². The Morgan fingerprint density at radius 3 is 2.92 bits per heavy atom. The summed E-state index contributed by atoms with van der Waals surface area (Å²) in [7, 11) is 1.60. The van der Waals surface area contributed by atoms with E-state index in [0.717, 1.165) is 30.5 Å². The Kier molecular flexibility index (Phi) is 5.04. The van der Waals surface area contributed by atoms with Crippen LogP contribution in [-0.4, -0.2) is 35.8 Å². The maximum Gasteiger partial charge on any atom is 0.251 e. The largest absolute Gasteiger partial charge is 0.496 e. The summed E-state index contributed by atoms with van der Waals surface area (Å²) in [6.45, 7) is 2.11. The van der Waals surface area contributed by atoms with Crippen LogP contribution in [0.2, 0.25) is 0 Å². The standard InChI is InChI=1S/C20H24N2O3/c1-20(13-23)10-5-7-18(20)22-19(24)14-8-9-17(25-2)15(12-14)16-6-3-4-11-21-16/h3-4,6,8-9,11-12,18,23H,5,7,10,13H2,1-2H3,(H,22,24)/t18-,20-/m0/s1. The van der Waals surface area contributed by atoms with Crippen LogP contribution in [-0.2, 0) is 0 Å². The zero-order valence-electron chi connectivity index (χ0n) is 14.7. The van der Waals surface area contributed by atoms with Gasteiger partial charge in [0.1, 0.15) is 5.75 Å².